The maximum Gasteiger partial charge on any atom is 0.350 e. The topological polar surface area (TPSA) is 98.8 Å². The molecule has 0 radical (unpaired) electrons. The van der Waals surface area contributed by atoms with E-state index in [2.05, 4.69) is 16.4 Å². The molecule has 0 fully saturated rings. The lowest BCUT2D eigenvalue weighted by molar-refractivity contribution is -0.138. The van der Waals surface area contributed by atoms with Crippen molar-refractivity contribution in [2.75, 3.05) is 11.9 Å². The number of rotatable bonds is 5. The van der Waals surface area contributed by atoms with E-state index in [1.165, 1.54) is 17.5 Å². The maximum absolute atomic E-state index is 11.5. The number of nitrogens with one attached hydrogen (secondary N) is 1. The number of carbonyl (C=O) groups is 1. The summed E-state index contributed by atoms with van der Waals surface area (Å²) in [5, 5.41) is 22.9. The second-order valence-corrected chi connectivity index (χ2v) is 5.12. The molecule has 1 heterocycles. The highest BCUT2D eigenvalue weighted by Gasteiger charge is 2.10. The highest BCUT2D eigenvalue weighted by molar-refractivity contribution is 7.14. The third-order valence-corrected chi connectivity index (χ3v) is 3.54. The van der Waals surface area contributed by atoms with E-state index in [1.807, 2.05) is 17.5 Å². The van der Waals surface area contributed by atoms with E-state index in [1.54, 1.807) is 25.1 Å². The van der Waals surface area contributed by atoms with Crippen LogP contribution in [0.3, 0.4) is 0 Å². The molecule has 1 aromatic carbocycles. The van der Waals surface area contributed by atoms with E-state index in [0.29, 0.717) is 10.7 Å². The molecule has 2 aromatic rings. The van der Waals surface area contributed by atoms with Crippen molar-refractivity contribution < 1.29 is 9.53 Å². The lowest BCUT2D eigenvalue weighted by atomic mass is 10.1. The SMILES string of the molecule is CCOC(=O)/C(C#N)=C/Nc1nc(-c2ccc(C#N)cc2)cs1. The maximum atomic E-state index is 11.5. The summed E-state index contributed by atoms with van der Waals surface area (Å²) in [6, 6.07) is 10.9. The smallest absolute Gasteiger partial charge is 0.350 e. The lowest BCUT2D eigenvalue weighted by Crippen LogP contribution is -2.07. The van der Waals surface area contributed by atoms with E-state index < -0.39 is 5.97 Å². The van der Waals surface area contributed by atoms with Crippen LogP contribution in [0, 0.1) is 22.7 Å². The number of benzene rings is 1. The average Bonchev–Trinajstić information content (AvgIpc) is 3.05. The molecule has 0 aliphatic rings. The van der Waals surface area contributed by atoms with Gasteiger partial charge in [0.15, 0.2) is 10.7 Å². The number of ether oxygens (including phenoxy) is 1. The van der Waals surface area contributed by atoms with Crippen molar-refractivity contribution in [3.05, 3.63) is 47.0 Å². The fourth-order valence-electron chi connectivity index (χ4n) is 1.67. The molecular formula is C16H12N4O2S. The Morgan fingerprint density at radius 3 is 2.74 bits per heavy atom. The third kappa shape index (κ3) is 4.16. The molecule has 23 heavy (non-hydrogen) atoms. The molecule has 0 saturated carbocycles. The number of aromatic nitrogens is 1. The first-order valence-electron chi connectivity index (χ1n) is 6.68. The summed E-state index contributed by atoms with van der Waals surface area (Å²) < 4.78 is 4.77. The monoisotopic (exact) mass is 324 g/mol. The largest absolute Gasteiger partial charge is 0.462 e. The van der Waals surface area contributed by atoms with Crippen molar-refractivity contribution in [1.82, 2.24) is 4.98 Å². The Morgan fingerprint density at radius 1 is 1.39 bits per heavy atom. The standard InChI is InChI=1S/C16H12N4O2S/c1-2-22-15(21)13(8-18)9-19-16-20-14(10-23-16)12-5-3-11(7-17)4-6-12/h3-6,9-10H,2H2,1H3,(H,19,20)/b13-9+. The van der Waals surface area contributed by atoms with Gasteiger partial charge in [-0.3, -0.25) is 0 Å². The van der Waals surface area contributed by atoms with Gasteiger partial charge in [-0.1, -0.05) is 12.1 Å². The molecule has 0 amide bonds. The van der Waals surface area contributed by atoms with Crippen molar-refractivity contribution >= 4 is 22.4 Å². The summed E-state index contributed by atoms with van der Waals surface area (Å²) >= 11 is 1.34. The number of anilines is 1. The van der Waals surface area contributed by atoms with Crippen LogP contribution in [-0.2, 0) is 9.53 Å². The molecule has 0 aliphatic carbocycles. The van der Waals surface area contributed by atoms with E-state index in [4.69, 9.17) is 15.3 Å². The van der Waals surface area contributed by atoms with Crippen LogP contribution >= 0.6 is 11.3 Å². The molecule has 0 bridgehead atoms. The number of thiazole rings is 1. The fourth-order valence-corrected chi connectivity index (χ4v) is 2.36. The number of nitriles is 2. The second kappa shape index (κ2) is 7.74. The summed E-state index contributed by atoms with van der Waals surface area (Å²) in [5.41, 5.74) is 2.08. The molecule has 0 atom stereocenters. The van der Waals surface area contributed by atoms with Gasteiger partial charge in [0.25, 0.3) is 0 Å². The fraction of sp³-hybridized carbons (Fsp3) is 0.125. The Balaban J connectivity index is 2.11. The van der Waals surface area contributed by atoms with Crippen molar-refractivity contribution in [2.24, 2.45) is 0 Å². The molecular weight excluding hydrogens is 312 g/mol. The molecule has 0 aliphatic heterocycles. The first-order valence-corrected chi connectivity index (χ1v) is 7.56. The van der Waals surface area contributed by atoms with Crippen LogP contribution in [0.25, 0.3) is 11.3 Å². The summed E-state index contributed by atoms with van der Waals surface area (Å²) in [6.07, 6.45) is 1.28. The van der Waals surface area contributed by atoms with Gasteiger partial charge in [0.2, 0.25) is 0 Å². The number of nitrogens with zero attached hydrogens (tertiary/aromatic N) is 3. The zero-order chi connectivity index (χ0) is 16.7. The molecule has 2 rings (SSSR count). The molecule has 1 aromatic heterocycles. The van der Waals surface area contributed by atoms with Crippen molar-refractivity contribution in [1.29, 1.82) is 10.5 Å². The Bertz CT molecular complexity index is 810. The van der Waals surface area contributed by atoms with E-state index in [9.17, 15) is 4.79 Å². The van der Waals surface area contributed by atoms with Gasteiger partial charge in [-0.2, -0.15) is 10.5 Å². The molecule has 7 heteroatoms. The zero-order valence-corrected chi connectivity index (χ0v) is 13.1. The Kier molecular flexibility index (Phi) is 5.45. The van der Waals surface area contributed by atoms with Crippen molar-refractivity contribution in [3.63, 3.8) is 0 Å². The highest BCUT2D eigenvalue weighted by Crippen LogP contribution is 2.25. The first-order chi connectivity index (χ1) is 11.2. The second-order valence-electron chi connectivity index (χ2n) is 4.26. The zero-order valence-electron chi connectivity index (χ0n) is 12.2. The van der Waals surface area contributed by atoms with Crippen LogP contribution in [0.4, 0.5) is 5.13 Å². The van der Waals surface area contributed by atoms with Crippen LogP contribution in [0.1, 0.15) is 12.5 Å². The lowest BCUT2D eigenvalue weighted by Gasteiger charge is -2.00. The van der Waals surface area contributed by atoms with E-state index in [-0.39, 0.29) is 12.2 Å². The van der Waals surface area contributed by atoms with Crippen LogP contribution < -0.4 is 5.32 Å². The average molecular weight is 324 g/mol. The Labute approximate surface area is 137 Å². The summed E-state index contributed by atoms with van der Waals surface area (Å²) in [4.78, 5) is 15.9. The van der Waals surface area contributed by atoms with Gasteiger partial charge in [-0.15, -0.1) is 11.3 Å². The normalized spacial score (nSPS) is 10.5. The summed E-state index contributed by atoms with van der Waals surface area (Å²) in [6.45, 7) is 1.88. The summed E-state index contributed by atoms with van der Waals surface area (Å²) in [7, 11) is 0. The first kappa shape index (κ1) is 16.2. The van der Waals surface area contributed by atoms with E-state index in [0.717, 1.165) is 11.3 Å². The van der Waals surface area contributed by atoms with E-state index >= 15 is 0 Å². The molecule has 0 unspecified atom stereocenters. The minimum Gasteiger partial charge on any atom is -0.462 e. The minimum atomic E-state index is -0.675. The molecule has 1 N–H and O–H groups in total. The summed E-state index contributed by atoms with van der Waals surface area (Å²) in [5.74, 6) is -0.675. The molecule has 0 saturated heterocycles. The van der Waals surface area contributed by atoms with Gasteiger partial charge in [0.05, 0.1) is 23.9 Å². The van der Waals surface area contributed by atoms with Crippen molar-refractivity contribution in [2.45, 2.75) is 6.92 Å². The third-order valence-electron chi connectivity index (χ3n) is 2.77. The van der Waals surface area contributed by atoms with Gasteiger partial charge >= 0.3 is 5.97 Å². The Morgan fingerprint density at radius 2 is 2.13 bits per heavy atom. The van der Waals surface area contributed by atoms with Gasteiger partial charge in [0.1, 0.15) is 6.07 Å². The van der Waals surface area contributed by atoms with Crippen LogP contribution in [0.2, 0.25) is 0 Å². The van der Waals surface area contributed by atoms with Gasteiger partial charge in [-0.25, -0.2) is 9.78 Å². The predicted octanol–water partition coefficient (Wildman–Crippen LogP) is 3.06. The molecule has 6 nitrogen and oxygen atoms in total. The quantitative estimate of drug-likeness (QED) is 0.515. The van der Waals surface area contributed by atoms with Crippen LogP contribution in [0.5, 0.6) is 0 Å². The van der Waals surface area contributed by atoms with Gasteiger partial charge < -0.3 is 10.1 Å². The predicted molar refractivity (Wildman–Crippen MR) is 86.2 cm³/mol. The number of hydrogen-bond acceptors (Lipinski definition) is 7. The van der Waals surface area contributed by atoms with Crippen LogP contribution in [0.15, 0.2) is 41.4 Å². The number of hydrogen-bond donors (Lipinski definition) is 1. The highest BCUT2D eigenvalue weighted by atomic mass is 32.1. The van der Waals surface area contributed by atoms with Gasteiger partial charge in [0, 0.05) is 17.1 Å². The van der Waals surface area contributed by atoms with Crippen molar-refractivity contribution in [3.8, 4) is 23.4 Å². The number of esters is 1. The molecule has 0 spiro atoms. The van der Waals surface area contributed by atoms with Crippen LogP contribution in [-0.4, -0.2) is 17.6 Å². The number of carbonyl (C=O) groups excluding carboxylic acids is 1. The minimum absolute atomic E-state index is 0.123. The molecule has 114 valence electrons. The Hall–Kier alpha value is -3.16. The van der Waals surface area contributed by atoms with Gasteiger partial charge in [-0.05, 0) is 19.1 Å².